The molecule has 2 fully saturated rings. The quantitative estimate of drug-likeness (QED) is 0.715. The third-order valence-electron chi connectivity index (χ3n) is 6.14. The number of carbonyl (C=O) groups excluding carboxylic acids is 2. The highest BCUT2D eigenvalue weighted by molar-refractivity contribution is 5.80. The molecule has 0 aliphatic carbocycles. The molecule has 2 unspecified atom stereocenters. The van der Waals surface area contributed by atoms with Crippen molar-refractivity contribution in [2.75, 3.05) is 13.1 Å². The molecule has 0 radical (unpaired) electrons. The summed E-state index contributed by atoms with van der Waals surface area (Å²) in [6.07, 6.45) is 4.40. The van der Waals surface area contributed by atoms with Crippen LogP contribution >= 0.6 is 0 Å². The third-order valence-corrected chi connectivity index (χ3v) is 6.14. The molecule has 2 aromatic heterocycles. The van der Waals surface area contributed by atoms with Crippen LogP contribution in [0.15, 0.2) is 21.2 Å². The summed E-state index contributed by atoms with van der Waals surface area (Å²) in [5, 5.41) is 7.92. The Balaban J connectivity index is 1.34. The van der Waals surface area contributed by atoms with Gasteiger partial charge in [-0.05, 0) is 45.4 Å². The van der Waals surface area contributed by atoms with Crippen LogP contribution in [0.25, 0.3) is 0 Å². The van der Waals surface area contributed by atoms with Crippen LogP contribution in [0.5, 0.6) is 0 Å². The Morgan fingerprint density at radius 3 is 1.73 bits per heavy atom. The minimum Gasteiger partial charge on any atom is -0.359 e. The third kappa shape index (κ3) is 4.27. The molecule has 4 heterocycles. The molecule has 0 saturated carbocycles. The Bertz CT molecular complexity index is 832. The Kier molecular flexibility index (Phi) is 5.92. The van der Waals surface area contributed by atoms with E-state index in [0.29, 0.717) is 12.8 Å². The number of likely N-dealkylation sites (tertiary alicyclic amines) is 2. The summed E-state index contributed by atoms with van der Waals surface area (Å²) in [5.41, 5.74) is 1.65. The number of rotatable bonds is 6. The van der Waals surface area contributed by atoms with E-state index in [4.69, 9.17) is 9.05 Å². The zero-order chi connectivity index (χ0) is 21.3. The molecule has 2 aliphatic heterocycles. The summed E-state index contributed by atoms with van der Waals surface area (Å²) in [6, 6.07) is 3.72. The fourth-order valence-corrected chi connectivity index (χ4v) is 4.71. The maximum atomic E-state index is 13.0. The normalized spacial score (nSPS) is 22.6. The monoisotopic (exact) mass is 414 g/mol. The van der Waals surface area contributed by atoms with Crippen LogP contribution in [-0.2, 0) is 9.59 Å². The largest absolute Gasteiger partial charge is 0.359 e. The first kappa shape index (κ1) is 20.6. The van der Waals surface area contributed by atoms with E-state index < -0.39 is 0 Å². The van der Waals surface area contributed by atoms with Crippen molar-refractivity contribution in [3.63, 3.8) is 0 Å². The van der Waals surface area contributed by atoms with Gasteiger partial charge in [0.15, 0.2) is 11.5 Å². The van der Waals surface area contributed by atoms with Gasteiger partial charge in [0.2, 0.25) is 11.8 Å². The van der Waals surface area contributed by atoms with Gasteiger partial charge >= 0.3 is 0 Å². The molecular weight excluding hydrogens is 384 g/mol. The lowest BCUT2D eigenvalue weighted by Crippen LogP contribution is -2.34. The number of aromatic nitrogens is 2. The molecular formula is C22H30N4O4. The Hall–Kier alpha value is -2.64. The summed E-state index contributed by atoms with van der Waals surface area (Å²) in [6.45, 7) is 7.19. The van der Waals surface area contributed by atoms with E-state index in [0.717, 1.165) is 61.7 Å². The van der Waals surface area contributed by atoms with Crippen molar-refractivity contribution >= 4 is 11.8 Å². The molecule has 4 rings (SSSR count). The van der Waals surface area contributed by atoms with E-state index >= 15 is 0 Å². The molecule has 2 aliphatic rings. The SMILES string of the molecule is Cc1cc(C2CCCN2C(=O)CC(C)CC(=O)N2CCCC2c2cc(C)no2)on1. The molecule has 2 aromatic rings. The van der Waals surface area contributed by atoms with E-state index in [1.54, 1.807) is 0 Å². The molecule has 8 nitrogen and oxygen atoms in total. The molecule has 2 saturated heterocycles. The molecule has 8 heteroatoms. The van der Waals surface area contributed by atoms with E-state index in [1.165, 1.54) is 0 Å². The topological polar surface area (TPSA) is 92.7 Å². The molecule has 0 N–H and O–H groups in total. The lowest BCUT2D eigenvalue weighted by molar-refractivity contribution is -0.135. The average Bonchev–Trinajstić information content (AvgIpc) is 3.47. The van der Waals surface area contributed by atoms with Crippen molar-refractivity contribution in [2.24, 2.45) is 5.92 Å². The van der Waals surface area contributed by atoms with Crippen molar-refractivity contribution < 1.29 is 18.6 Å². The van der Waals surface area contributed by atoms with Crippen molar-refractivity contribution in [3.8, 4) is 0 Å². The number of hydrogen-bond acceptors (Lipinski definition) is 6. The summed E-state index contributed by atoms with van der Waals surface area (Å²) >= 11 is 0. The van der Waals surface area contributed by atoms with E-state index in [9.17, 15) is 9.59 Å². The van der Waals surface area contributed by atoms with Crippen LogP contribution < -0.4 is 0 Å². The molecule has 162 valence electrons. The highest BCUT2D eigenvalue weighted by Crippen LogP contribution is 2.35. The molecule has 0 aromatic carbocycles. The van der Waals surface area contributed by atoms with Gasteiger partial charge in [-0.2, -0.15) is 0 Å². The Morgan fingerprint density at radius 1 is 0.933 bits per heavy atom. The van der Waals surface area contributed by atoms with Crippen molar-refractivity contribution in [2.45, 2.75) is 71.4 Å². The van der Waals surface area contributed by atoms with Gasteiger partial charge in [-0.1, -0.05) is 17.2 Å². The Morgan fingerprint density at radius 2 is 1.37 bits per heavy atom. The van der Waals surface area contributed by atoms with Crippen LogP contribution in [0, 0.1) is 19.8 Å². The fraction of sp³-hybridized carbons (Fsp3) is 0.636. The maximum absolute atomic E-state index is 13.0. The van der Waals surface area contributed by atoms with Gasteiger partial charge in [-0.25, -0.2) is 0 Å². The van der Waals surface area contributed by atoms with E-state index in [-0.39, 0.29) is 29.8 Å². The number of amides is 2. The molecule has 2 atom stereocenters. The minimum atomic E-state index is -0.0424. The lowest BCUT2D eigenvalue weighted by atomic mass is 10.0. The zero-order valence-electron chi connectivity index (χ0n) is 18.0. The Labute approximate surface area is 176 Å². The van der Waals surface area contributed by atoms with Crippen molar-refractivity contribution in [1.82, 2.24) is 20.1 Å². The van der Waals surface area contributed by atoms with Crippen LogP contribution in [0.1, 0.15) is 80.4 Å². The predicted octanol–water partition coefficient (Wildman–Crippen LogP) is 3.72. The second kappa shape index (κ2) is 8.62. The molecule has 0 bridgehead atoms. The van der Waals surface area contributed by atoms with Crippen LogP contribution in [0.4, 0.5) is 0 Å². The molecule has 2 amide bonds. The van der Waals surface area contributed by atoms with Gasteiger partial charge in [-0.15, -0.1) is 0 Å². The summed E-state index contributed by atoms with van der Waals surface area (Å²) in [7, 11) is 0. The maximum Gasteiger partial charge on any atom is 0.223 e. The summed E-state index contributed by atoms with van der Waals surface area (Å²) in [5.74, 6) is 1.64. The highest BCUT2D eigenvalue weighted by Gasteiger charge is 2.35. The highest BCUT2D eigenvalue weighted by atomic mass is 16.5. The fourth-order valence-electron chi connectivity index (χ4n) is 4.71. The average molecular weight is 415 g/mol. The van der Waals surface area contributed by atoms with Crippen LogP contribution in [0.3, 0.4) is 0 Å². The van der Waals surface area contributed by atoms with E-state index in [2.05, 4.69) is 10.3 Å². The number of hydrogen-bond donors (Lipinski definition) is 0. The number of carbonyl (C=O) groups is 2. The smallest absolute Gasteiger partial charge is 0.223 e. The second-order valence-electron chi connectivity index (χ2n) is 8.75. The molecule has 30 heavy (non-hydrogen) atoms. The van der Waals surface area contributed by atoms with Crippen LogP contribution in [0.2, 0.25) is 0 Å². The van der Waals surface area contributed by atoms with E-state index in [1.807, 2.05) is 42.7 Å². The standard InChI is InChI=1S/C22H30N4O4/c1-14(10-21(27)25-8-4-6-17(25)19-12-15(2)23-29-19)11-22(28)26-9-5-7-18(26)20-13-16(3)24-30-20/h12-14,17-18H,4-11H2,1-3H3. The van der Waals surface area contributed by atoms with Gasteiger partial charge in [-0.3, -0.25) is 9.59 Å². The van der Waals surface area contributed by atoms with Gasteiger partial charge in [0.25, 0.3) is 0 Å². The summed E-state index contributed by atoms with van der Waals surface area (Å²) < 4.78 is 10.8. The van der Waals surface area contributed by atoms with Gasteiger partial charge < -0.3 is 18.8 Å². The number of aryl methyl sites for hydroxylation is 2. The lowest BCUT2D eigenvalue weighted by Gasteiger charge is -2.26. The zero-order valence-corrected chi connectivity index (χ0v) is 18.0. The van der Waals surface area contributed by atoms with Gasteiger partial charge in [0.1, 0.15) is 0 Å². The van der Waals surface area contributed by atoms with Crippen molar-refractivity contribution in [1.29, 1.82) is 0 Å². The van der Waals surface area contributed by atoms with Crippen LogP contribution in [-0.4, -0.2) is 45.0 Å². The first-order chi connectivity index (χ1) is 14.4. The molecule has 0 spiro atoms. The number of nitrogens with zero attached hydrogens (tertiary/aromatic N) is 4. The predicted molar refractivity (Wildman–Crippen MR) is 108 cm³/mol. The first-order valence-corrected chi connectivity index (χ1v) is 10.9. The summed E-state index contributed by atoms with van der Waals surface area (Å²) in [4.78, 5) is 29.7. The first-order valence-electron chi connectivity index (χ1n) is 10.9. The van der Waals surface area contributed by atoms with Gasteiger partial charge in [0, 0.05) is 38.1 Å². The van der Waals surface area contributed by atoms with Gasteiger partial charge in [0.05, 0.1) is 23.5 Å². The minimum absolute atomic E-state index is 0.0274. The van der Waals surface area contributed by atoms with Crippen molar-refractivity contribution in [3.05, 3.63) is 35.0 Å². The second-order valence-corrected chi connectivity index (χ2v) is 8.75.